The van der Waals surface area contributed by atoms with Crippen molar-refractivity contribution in [1.82, 2.24) is 0 Å². The van der Waals surface area contributed by atoms with Crippen molar-refractivity contribution in [3.8, 4) is 0 Å². The highest BCUT2D eigenvalue weighted by molar-refractivity contribution is 8.00. The van der Waals surface area contributed by atoms with Crippen molar-refractivity contribution in [3.63, 3.8) is 0 Å². The van der Waals surface area contributed by atoms with E-state index in [1.165, 1.54) is 11.9 Å². The molecule has 1 aromatic rings. The minimum atomic E-state index is -3.60. The minimum absolute atomic E-state index is 0.0852. The van der Waals surface area contributed by atoms with Crippen LogP contribution in [0.5, 0.6) is 0 Å². The first kappa shape index (κ1) is 10.1. The topological polar surface area (TPSA) is 84.9 Å². The van der Waals surface area contributed by atoms with E-state index in [0.717, 1.165) is 21.1 Å². The van der Waals surface area contributed by atoms with E-state index in [9.17, 15) is 8.42 Å². The molecule has 1 aliphatic rings. The molecule has 76 valence electrons. The molecule has 0 aliphatic carbocycles. The van der Waals surface area contributed by atoms with Crippen LogP contribution in [0.2, 0.25) is 0 Å². The van der Waals surface area contributed by atoms with Gasteiger partial charge in [0.1, 0.15) is 4.21 Å². The lowest BCUT2D eigenvalue weighted by molar-refractivity contribution is 0.599. The molecule has 0 saturated heterocycles. The van der Waals surface area contributed by atoms with Gasteiger partial charge in [-0.1, -0.05) is 0 Å². The second-order valence-corrected chi connectivity index (χ2v) is 6.67. The van der Waals surface area contributed by atoms with Gasteiger partial charge in [0.05, 0.1) is 10.3 Å². The average Bonchev–Trinajstić information content (AvgIpc) is 2.48. The molecular weight excluding hydrogens is 242 g/mol. The molecule has 1 aliphatic heterocycles. The second-order valence-electron chi connectivity index (χ2n) is 2.82. The van der Waals surface area contributed by atoms with E-state index in [0.29, 0.717) is 0 Å². The van der Waals surface area contributed by atoms with Gasteiger partial charge in [-0.05, 0) is 13.0 Å². The van der Waals surface area contributed by atoms with Gasteiger partial charge in [-0.25, -0.2) is 13.6 Å². The van der Waals surface area contributed by atoms with Crippen LogP contribution in [-0.4, -0.2) is 8.42 Å². The monoisotopic (exact) mass is 249 g/mol. The van der Waals surface area contributed by atoms with Crippen LogP contribution in [0.25, 0.3) is 0 Å². The van der Waals surface area contributed by atoms with E-state index < -0.39 is 10.0 Å². The van der Waals surface area contributed by atoms with Crippen molar-refractivity contribution >= 4 is 33.3 Å². The molecular formula is C6H7N3O2S3. The van der Waals surface area contributed by atoms with Gasteiger partial charge in [-0.2, -0.15) is 5.11 Å². The number of sulfonamides is 1. The number of primary sulfonamides is 1. The highest BCUT2D eigenvalue weighted by Gasteiger charge is 2.22. The first-order valence-corrected chi connectivity index (χ1v) is 6.86. The van der Waals surface area contributed by atoms with Crippen LogP contribution in [0.3, 0.4) is 0 Å². The summed E-state index contributed by atoms with van der Waals surface area (Å²) < 4.78 is 27.0. The predicted molar refractivity (Wildman–Crippen MR) is 54.8 cm³/mol. The van der Waals surface area contributed by atoms with Gasteiger partial charge in [-0.3, -0.25) is 0 Å². The molecule has 0 bridgehead atoms. The van der Waals surface area contributed by atoms with Crippen LogP contribution < -0.4 is 5.14 Å². The summed E-state index contributed by atoms with van der Waals surface area (Å²) in [6, 6.07) is 1.49. The first-order valence-electron chi connectivity index (χ1n) is 3.72. The van der Waals surface area contributed by atoms with Gasteiger partial charge < -0.3 is 0 Å². The van der Waals surface area contributed by atoms with E-state index in [1.807, 2.05) is 6.92 Å². The van der Waals surface area contributed by atoms with Crippen molar-refractivity contribution < 1.29 is 8.42 Å². The van der Waals surface area contributed by atoms with E-state index >= 15 is 0 Å². The predicted octanol–water partition coefficient (Wildman–Crippen LogP) is 1.93. The lowest BCUT2D eigenvalue weighted by Crippen LogP contribution is -2.10. The van der Waals surface area contributed by atoms with Crippen LogP contribution in [0.4, 0.5) is 0 Å². The molecule has 0 radical (unpaired) electrons. The summed E-state index contributed by atoms with van der Waals surface area (Å²) in [6.07, 6.45) is 0. The molecule has 14 heavy (non-hydrogen) atoms. The molecule has 5 nitrogen and oxygen atoms in total. The summed E-state index contributed by atoms with van der Waals surface area (Å²) in [5.41, 5.74) is 0.888. The lowest BCUT2D eigenvalue weighted by Gasteiger charge is -2.07. The molecule has 0 spiro atoms. The Morgan fingerprint density at radius 1 is 1.57 bits per heavy atom. The van der Waals surface area contributed by atoms with Crippen molar-refractivity contribution in [2.24, 2.45) is 14.8 Å². The van der Waals surface area contributed by atoms with Gasteiger partial charge in [-0.15, -0.1) is 15.9 Å². The molecule has 2 heterocycles. The van der Waals surface area contributed by atoms with Crippen molar-refractivity contribution in [1.29, 1.82) is 0 Å². The summed E-state index contributed by atoms with van der Waals surface area (Å²) in [5, 5.41) is 8.95. The molecule has 2 N–H and O–H groups in total. The highest BCUT2D eigenvalue weighted by atomic mass is 32.3. The van der Waals surface area contributed by atoms with E-state index in [2.05, 4.69) is 9.63 Å². The first-order chi connectivity index (χ1) is 6.48. The Labute approximate surface area is 89.6 Å². The zero-order valence-electron chi connectivity index (χ0n) is 7.17. The SMILES string of the molecule is CC1N=NSc2sc(S(N)(=O)=O)cc21. The Morgan fingerprint density at radius 2 is 2.29 bits per heavy atom. The molecule has 2 rings (SSSR count). The van der Waals surface area contributed by atoms with Crippen LogP contribution in [0.1, 0.15) is 18.5 Å². The maximum absolute atomic E-state index is 11.1. The quantitative estimate of drug-likeness (QED) is 0.772. The minimum Gasteiger partial charge on any atom is -0.224 e. The van der Waals surface area contributed by atoms with Crippen LogP contribution >= 0.6 is 23.3 Å². The number of hydrogen-bond donors (Lipinski definition) is 1. The Balaban J connectivity index is 2.53. The Bertz CT molecular complexity index is 490. The fourth-order valence-electron chi connectivity index (χ4n) is 1.06. The normalized spacial score (nSPS) is 20.9. The summed E-state index contributed by atoms with van der Waals surface area (Å²) in [5.74, 6) is 0. The molecule has 0 aromatic carbocycles. The van der Waals surface area contributed by atoms with E-state index in [1.54, 1.807) is 6.07 Å². The maximum atomic E-state index is 11.1. The van der Waals surface area contributed by atoms with Crippen molar-refractivity contribution in [2.45, 2.75) is 21.4 Å². The fourth-order valence-corrected chi connectivity index (χ4v) is 4.06. The largest absolute Gasteiger partial charge is 0.247 e. The molecule has 1 aromatic heterocycles. The fraction of sp³-hybridized carbons (Fsp3) is 0.333. The third kappa shape index (κ3) is 1.70. The summed E-state index contributed by atoms with van der Waals surface area (Å²) in [7, 11) is -3.60. The van der Waals surface area contributed by atoms with Crippen LogP contribution in [0.15, 0.2) is 24.1 Å². The number of nitrogens with two attached hydrogens (primary N) is 1. The smallest absolute Gasteiger partial charge is 0.224 e. The third-order valence-corrected chi connectivity index (χ3v) is 5.19. The summed E-state index contributed by atoms with van der Waals surface area (Å²) in [4.78, 5) is 0. The van der Waals surface area contributed by atoms with Gasteiger partial charge in [0.2, 0.25) is 10.0 Å². The Morgan fingerprint density at radius 3 is 2.86 bits per heavy atom. The second kappa shape index (κ2) is 3.30. The van der Waals surface area contributed by atoms with Gasteiger partial charge in [0.25, 0.3) is 0 Å². The highest BCUT2D eigenvalue weighted by Crippen LogP contribution is 2.42. The van der Waals surface area contributed by atoms with Crippen molar-refractivity contribution in [3.05, 3.63) is 11.6 Å². The molecule has 0 amide bonds. The number of hydrogen-bond acceptors (Lipinski definition) is 6. The van der Waals surface area contributed by atoms with Crippen LogP contribution in [0, 0.1) is 0 Å². The average molecular weight is 249 g/mol. The Hall–Kier alpha value is -0.440. The number of fused-ring (bicyclic) bond motifs is 1. The molecule has 8 heteroatoms. The lowest BCUT2D eigenvalue weighted by atomic mass is 10.2. The standard InChI is InChI=1S/C6H7N3O2S3/c1-3-4-2-5(14(7,10)11)12-6(4)13-9-8-3/h2-3H,1H3,(H2,7,10,11). The molecule has 0 fully saturated rings. The molecule has 0 saturated carbocycles. The van der Waals surface area contributed by atoms with E-state index in [-0.39, 0.29) is 10.3 Å². The third-order valence-electron chi connectivity index (χ3n) is 1.78. The molecule has 1 atom stereocenters. The number of thiophene rings is 1. The summed E-state index contributed by atoms with van der Waals surface area (Å²) >= 11 is 2.33. The Kier molecular flexibility index (Phi) is 2.38. The van der Waals surface area contributed by atoms with Crippen LogP contribution in [-0.2, 0) is 10.0 Å². The van der Waals surface area contributed by atoms with E-state index in [4.69, 9.17) is 5.14 Å². The van der Waals surface area contributed by atoms with Gasteiger partial charge >= 0.3 is 0 Å². The zero-order valence-corrected chi connectivity index (χ0v) is 9.62. The van der Waals surface area contributed by atoms with Gasteiger partial charge in [0, 0.05) is 17.5 Å². The molecule has 1 unspecified atom stereocenters. The van der Waals surface area contributed by atoms with Gasteiger partial charge in [0.15, 0.2) is 0 Å². The number of nitrogens with zero attached hydrogens (tertiary/aromatic N) is 2. The van der Waals surface area contributed by atoms with Crippen molar-refractivity contribution in [2.75, 3.05) is 0 Å². The summed E-state index contributed by atoms with van der Waals surface area (Å²) in [6.45, 7) is 1.86. The number of rotatable bonds is 1. The zero-order chi connectivity index (χ0) is 10.3. The maximum Gasteiger partial charge on any atom is 0.247 e.